The molecule has 2 aliphatic carbocycles. The Kier molecular flexibility index (Phi) is 5.25. The van der Waals surface area contributed by atoms with Crippen molar-refractivity contribution in [2.45, 2.75) is 123 Å². The SMILES string of the molecule is CC(C)C1CC[C@@H](C)C[C@@]12CCC1(CC[C@@]3(C[C@H](C)CCC3C(C)C)O1)O2. The second kappa shape index (κ2) is 7.01. The van der Waals surface area contributed by atoms with Crippen LogP contribution in [-0.4, -0.2) is 17.0 Å². The minimum atomic E-state index is -0.269. The minimum absolute atomic E-state index is 0.0883. The third kappa shape index (κ3) is 3.41. The summed E-state index contributed by atoms with van der Waals surface area (Å²) < 4.78 is 14.3. The van der Waals surface area contributed by atoms with Gasteiger partial charge in [0.2, 0.25) is 0 Å². The monoisotopic (exact) mass is 376 g/mol. The van der Waals surface area contributed by atoms with Crippen molar-refractivity contribution in [3.63, 3.8) is 0 Å². The van der Waals surface area contributed by atoms with Gasteiger partial charge in [-0.1, -0.05) is 54.4 Å². The summed E-state index contributed by atoms with van der Waals surface area (Å²) in [5.41, 5.74) is 0.177. The summed E-state index contributed by atoms with van der Waals surface area (Å²) in [6.07, 6.45) is 12.6. The van der Waals surface area contributed by atoms with Gasteiger partial charge in [-0.15, -0.1) is 0 Å². The van der Waals surface area contributed by atoms with E-state index in [1.54, 1.807) is 0 Å². The van der Waals surface area contributed by atoms with Crippen LogP contribution in [0.5, 0.6) is 0 Å². The lowest BCUT2D eigenvalue weighted by atomic mass is 9.66. The highest BCUT2D eigenvalue weighted by molar-refractivity contribution is 5.07. The summed E-state index contributed by atoms with van der Waals surface area (Å²) >= 11 is 0. The first-order valence-electron chi connectivity index (χ1n) is 12.1. The smallest absolute Gasteiger partial charge is 0.170 e. The van der Waals surface area contributed by atoms with E-state index in [4.69, 9.17) is 9.47 Å². The van der Waals surface area contributed by atoms with Crippen molar-refractivity contribution in [3.05, 3.63) is 0 Å². The normalized spacial score (nSPS) is 50.7. The van der Waals surface area contributed by atoms with Gasteiger partial charge < -0.3 is 9.47 Å². The van der Waals surface area contributed by atoms with E-state index >= 15 is 0 Å². The van der Waals surface area contributed by atoms with Gasteiger partial charge in [0.15, 0.2) is 5.79 Å². The van der Waals surface area contributed by atoms with Gasteiger partial charge in [0, 0.05) is 12.8 Å². The molecule has 2 heterocycles. The van der Waals surface area contributed by atoms with Crippen LogP contribution in [0.25, 0.3) is 0 Å². The van der Waals surface area contributed by atoms with Gasteiger partial charge in [0.1, 0.15) is 0 Å². The maximum atomic E-state index is 7.15. The van der Waals surface area contributed by atoms with Crippen molar-refractivity contribution in [1.29, 1.82) is 0 Å². The molecule has 156 valence electrons. The van der Waals surface area contributed by atoms with Crippen LogP contribution < -0.4 is 0 Å². The van der Waals surface area contributed by atoms with Crippen LogP contribution in [0.1, 0.15) is 106 Å². The lowest BCUT2D eigenvalue weighted by Gasteiger charge is -2.48. The first-order chi connectivity index (χ1) is 12.7. The van der Waals surface area contributed by atoms with Crippen LogP contribution in [-0.2, 0) is 9.47 Å². The standard InChI is InChI=1S/C25H44O2/c1-17(2)21-9-7-19(5)15-23(21)11-13-25(26-23)14-12-24(27-25)16-20(6)8-10-22(24)18(3)4/h17-22H,7-16H2,1-6H3/t19-,20-,21?,22?,23+,24+,25?/m1/s1. The zero-order chi connectivity index (χ0) is 19.4. The second-order valence-electron chi connectivity index (χ2n) is 11.7. The lowest BCUT2D eigenvalue weighted by molar-refractivity contribution is -0.296. The zero-order valence-electron chi connectivity index (χ0n) is 18.9. The molecule has 0 bridgehead atoms. The first-order valence-corrected chi connectivity index (χ1v) is 12.1. The molecular formula is C25H44O2. The van der Waals surface area contributed by atoms with Crippen molar-refractivity contribution >= 4 is 0 Å². The molecular weight excluding hydrogens is 332 g/mol. The summed E-state index contributed by atoms with van der Waals surface area (Å²) in [5, 5.41) is 0. The maximum absolute atomic E-state index is 7.15. The highest BCUT2D eigenvalue weighted by atomic mass is 16.7. The van der Waals surface area contributed by atoms with Crippen LogP contribution in [0.15, 0.2) is 0 Å². The molecule has 2 nitrogen and oxygen atoms in total. The van der Waals surface area contributed by atoms with Crippen molar-refractivity contribution in [1.82, 2.24) is 0 Å². The van der Waals surface area contributed by atoms with Gasteiger partial charge in [-0.2, -0.15) is 0 Å². The van der Waals surface area contributed by atoms with E-state index in [1.807, 2.05) is 0 Å². The van der Waals surface area contributed by atoms with Gasteiger partial charge in [0.25, 0.3) is 0 Å². The fourth-order valence-electron chi connectivity index (χ4n) is 7.83. The maximum Gasteiger partial charge on any atom is 0.170 e. The molecule has 4 fully saturated rings. The number of hydrogen-bond acceptors (Lipinski definition) is 2. The topological polar surface area (TPSA) is 18.5 Å². The highest BCUT2D eigenvalue weighted by Gasteiger charge is 2.62. The third-order valence-corrected chi connectivity index (χ3v) is 8.93. The average molecular weight is 377 g/mol. The Morgan fingerprint density at radius 2 is 1.04 bits per heavy atom. The highest BCUT2D eigenvalue weighted by Crippen LogP contribution is 2.61. The van der Waals surface area contributed by atoms with Crippen LogP contribution in [0.4, 0.5) is 0 Å². The number of hydrogen-bond donors (Lipinski definition) is 0. The Balaban J connectivity index is 1.57. The fraction of sp³-hybridized carbons (Fsp3) is 1.00. The molecule has 0 aromatic carbocycles. The lowest BCUT2D eigenvalue weighted by Crippen LogP contribution is -2.50. The summed E-state index contributed by atoms with van der Waals surface area (Å²) in [6, 6.07) is 0. The Bertz CT molecular complexity index is 492. The van der Waals surface area contributed by atoms with Gasteiger partial charge in [-0.25, -0.2) is 0 Å². The molecule has 0 radical (unpaired) electrons. The van der Waals surface area contributed by atoms with E-state index in [9.17, 15) is 0 Å². The molecule has 4 aliphatic rings. The van der Waals surface area contributed by atoms with Crippen molar-refractivity contribution < 1.29 is 9.47 Å². The van der Waals surface area contributed by atoms with E-state index in [0.29, 0.717) is 23.7 Å². The van der Waals surface area contributed by atoms with Crippen molar-refractivity contribution in [2.75, 3.05) is 0 Å². The second-order valence-corrected chi connectivity index (χ2v) is 11.7. The molecule has 27 heavy (non-hydrogen) atoms. The summed E-state index contributed by atoms with van der Waals surface area (Å²) in [5.74, 6) is 4.15. The first kappa shape index (κ1) is 20.2. The number of ether oxygens (including phenoxy) is 2. The van der Waals surface area contributed by atoms with Gasteiger partial charge in [-0.3, -0.25) is 0 Å². The summed E-state index contributed by atoms with van der Waals surface area (Å²) in [6.45, 7) is 14.5. The van der Waals surface area contributed by atoms with Crippen LogP contribution in [0, 0.1) is 35.5 Å². The van der Waals surface area contributed by atoms with E-state index in [-0.39, 0.29) is 17.0 Å². The fourth-order valence-corrected chi connectivity index (χ4v) is 7.83. The summed E-state index contributed by atoms with van der Waals surface area (Å²) in [7, 11) is 0. The van der Waals surface area contributed by atoms with Gasteiger partial charge >= 0.3 is 0 Å². The van der Waals surface area contributed by atoms with Crippen LogP contribution in [0.3, 0.4) is 0 Å². The van der Waals surface area contributed by atoms with E-state index in [2.05, 4.69) is 41.5 Å². The third-order valence-electron chi connectivity index (χ3n) is 8.93. The minimum Gasteiger partial charge on any atom is -0.343 e. The van der Waals surface area contributed by atoms with Crippen LogP contribution >= 0.6 is 0 Å². The molecule has 2 aliphatic heterocycles. The van der Waals surface area contributed by atoms with Gasteiger partial charge in [0.05, 0.1) is 11.2 Å². The zero-order valence-corrected chi connectivity index (χ0v) is 18.9. The molecule has 2 saturated carbocycles. The molecule has 0 amide bonds. The predicted octanol–water partition coefficient (Wildman–Crippen LogP) is 6.97. The average Bonchev–Trinajstić information content (AvgIpc) is 3.08. The molecule has 2 heteroatoms. The van der Waals surface area contributed by atoms with E-state index in [1.165, 1.54) is 51.4 Å². The molecule has 2 unspecified atom stereocenters. The Labute approximate surface area is 168 Å². The quantitative estimate of drug-likeness (QED) is 0.518. The van der Waals surface area contributed by atoms with E-state index in [0.717, 1.165) is 24.7 Å². The van der Waals surface area contributed by atoms with Crippen molar-refractivity contribution in [3.8, 4) is 0 Å². The largest absolute Gasteiger partial charge is 0.343 e. The predicted molar refractivity (Wildman–Crippen MR) is 112 cm³/mol. The van der Waals surface area contributed by atoms with Crippen molar-refractivity contribution in [2.24, 2.45) is 35.5 Å². The molecule has 0 N–H and O–H groups in total. The van der Waals surface area contributed by atoms with E-state index < -0.39 is 0 Å². The van der Waals surface area contributed by atoms with Crippen LogP contribution in [0.2, 0.25) is 0 Å². The Morgan fingerprint density at radius 3 is 1.41 bits per heavy atom. The molecule has 0 aromatic heterocycles. The molecule has 3 spiro atoms. The Morgan fingerprint density at radius 1 is 0.630 bits per heavy atom. The Hall–Kier alpha value is -0.0800. The number of rotatable bonds is 2. The molecule has 6 atom stereocenters. The summed E-state index contributed by atoms with van der Waals surface area (Å²) in [4.78, 5) is 0. The molecule has 2 saturated heterocycles. The molecule has 4 rings (SSSR count). The molecule has 0 aromatic rings. The van der Waals surface area contributed by atoms with Gasteiger partial charge in [-0.05, 0) is 74.0 Å².